The number of nitrogens with one attached hydrogen (secondary N) is 2. The number of thiol groups is 2. The maximum absolute atomic E-state index is 13.3. The Morgan fingerprint density at radius 1 is 1.25 bits per heavy atom. The number of ketones is 1. The molecule has 2 aliphatic heterocycles. The van der Waals surface area contributed by atoms with E-state index in [2.05, 4.69) is 36.1 Å². The third-order valence-corrected chi connectivity index (χ3v) is 6.35. The summed E-state index contributed by atoms with van der Waals surface area (Å²) >= 11 is 8.96. The molecule has 0 radical (unpaired) electrons. The van der Waals surface area contributed by atoms with Gasteiger partial charge in [-0.25, -0.2) is 0 Å². The summed E-state index contributed by atoms with van der Waals surface area (Å²) in [4.78, 5) is 50.3. The van der Waals surface area contributed by atoms with Crippen molar-refractivity contribution in [1.82, 2.24) is 14.9 Å². The number of carbonyl (C=O) groups is 4. The van der Waals surface area contributed by atoms with Crippen molar-refractivity contribution >= 4 is 49.0 Å². The molecule has 4 atom stereocenters. The standard InChI is InChI=1S/C21H27N3O6S2/c1-2-29-20-14(10-17(26)30-20)22-16(25)11-21(31)8-9-24(32)12-15(18(21)27)23-19(28)13-6-4-3-5-7-13/h3-7,14-15,20,31-32H,2,8-12H2,1H3,(H,22,25)(H,23,28). The van der Waals surface area contributed by atoms with Gasteiger partial charge in [0, 0.05) is 31.7 Å². The highest BCUT2D eigenvalue weighted by atomic mass is 32.1. The molecule has 9 nitrogen and oxygen atoms in total. The molecule has 0 aromatic heterocycles. The van der Waals surface area contributed by atoms with Gasteiger partial charge in [0.1, 0.15) is 12.1 Å². The number of cyclic esters (lactones) is 1. The van der Waals surface area contributed by atoms with E-state index < -0.39 is 40.9 Å². The number of hydrogen-bond donors (Lipinski definition) is 4. The minimum atomic E-state index is -1.32. The van der Waals surface area contributed by atoms with Gasteiger partial charge < -0.3 is 20.1 Å². The molecular weight excluding hydrogens is 454 g/mol. The summed E-state index contributed by atoms with van der Waals surface area (Å²) in [5, 5.41) is 5.46. The molecule has 2 aliphatic rings. The van der Waals surface area contributed by atoms with Crippen LogP contribution in [0.15, 0.2) is 30.3 Å². The average molecular weight is 482 g/mol. The fourth-order valence-corrected chi connectivity index (χ4v) is 4.42. The Kier molecular flexibility index (Phi) is 8.21. The van der Waals surface area contributed by atoms with Gasteiger partial charge in [-0.15, -0.1) is 0 Å². The van der Waals surface area contributed by atoms with E-state index in [0.717, 1.165) is 0 Å². The van der Waals surface area contributed by atoms with Gasteiger partial charge in [-0.05, 0) is 25.5 Å². The highest BCUT2D eigenvalue weighted by molar-refractivity contribution is 7.82. The number of rotatable bonds is 7. The molecule has 1 aromatic rings. The molecule has 11 heteroatoms. The molecule has 2 amide bonds. The first-order valence-corrected chi connectivity index (χ1v) is 11.2. The first-order chi connectivity index (χ1) is 15.2. The summed E-state index contributed by atoms with van der Waals surface area (Å²) in [6.45, 7) is 2.66. The molecule has 0 saturated carbocycles. The third kappa shape index (κ3) is 6.03. The molecule has 2 fully saturated rings. The van der Waals surface area contributed by atoms with Crippen LogP contribution < -0.4 is 10.6 Å². The lowest BCUT2D eigenvalue weighted by molar-refractivity contribution is -0.164. The van der Waals surface area contributed by atoms with Gasteiger partial charge in [0.15, 0.2) is 5.78 Å². The van der Waals surface area contributed by atoms with E-state index in [1.165, 1.54) is 0 Å². The van der Waals surface area contributed by atoms with Crippen LogP contribution in [0.5, 0.6) is 0 Å². The van der Waals surface area contributed by atoms with Gasteiger partial charge in [-0.2, -0.15) is 12.6 Å². The lowest BCUT2D eigenvalue weighted by Crippen LogP contribution is -2.53. The number of Topliss-reactive ketones (excluding diaryl/α,β-unsaturated/α-hetero) is 1. The molecule has 0 bridgehead atoms. The number of carbonyl (C=O) groups excluding carboxylic acids is 4. The Bertz CT molecular complexity index is 870. The molecule has 4 unspecified atom stereocenters. The normalized spacial score (nSPS) is 28.7. The van der Waals surface area contributed by atoms with Gasteiger partial charge in [-0.1, -0.05) is 31.0 Å². The van der Waals surface area contributed by atoms with Gasteiger partial charge in [0.05, 0.1) is 11.2 Å². The molecule has 2 N–H and O–H groups in total. The Morgan fingerprint density at radius 2 is 1.97 bits per heavy atom. The maximum Gasteiger partial charge on any atom is 0.310 e. The predicted octanol–water partition coefficient (Wildman–Crippen LogP) is 0.758. The monoisotopic (exact) mass is 481 g/mol. The molecule has 2 heterocycles. The molecule has 174 valence electrons. The quantitative estimate of drug-likeness (QED) is 0.336. The Hall–Kier alpha value is -2.08. The van der Waals surface area contributed by atoms with E-state index >= 15 is 0 Å². The van der Waals surface area contributed by atoms with Crippen LogP contribution in [0.25, 0.3) is 0 Å². The summed E-state index contributed by atoms with van der Waals surface area (Å²) in [5.74, 6) is -1.68. The number of benzene rings is 1. The predicted molar refractivity (Wildman–Crippen MR) is 122 cm³/mol. The third-order valence-electron chi connectivity index (χ3n) is 5.39. The second-order valence-electron chi connectivity index (χ2n) is 7.82. The lowest BCUT2D eigenvalue weighted by Gasteiger charge is -2.28. The van der Waals surface area contributed by atoms with Crippen LogP contribution in [-0.2, 0) is 23.9 Å². The van der Waals surface area contributed by atoms with E-state index in [4.69, 9.17) is 9.47 Å². The van der Waals surface area contributed by atoms with E-state index in [0.29, 0.717) is 18.7 Å². The van der Waals surface area contributed by atoms with Gasteiger partial charge in [-0.3, -0.25) is 23.5 Å². The SMILES string of the molecule is CCOC1OC(=O)CC1NC(=O)CC1(S)CCN(S)CC(NC(=O)c2ccccc2)C1=O. The first kappa shape index (κ1) is 24.6. The first-order valence-electron chi connectivity index (χ1n) is 10.4. The highest BCUT2D eigenvalue weighted by Crippen LogP contribution is 2.31. The largest absolute Gasteiger partial charge is 0.433 e. The van der Waals surface area contributed by atoms with Crippen LogP contribution in [0.3, 0.4) is 0 Å². The minimum Gasteiger partial charge on any atom is -0.433 e. The van der Waals surface area contributed by atoms with Crippen molar-refractivity contribution in [3.05, 3.63) is 35.9 Å². The highest BCUT2D eigenvalue weighted by Gasteiger charge is 2.45. The topological polar surface area (TPSA) is 114 Å². The van der Waals surface area contributed by atoms with Crippen LogP contribution in [0.2, 0.25) is 0 Å². The van der Waals surface area contributed by atoms with Crippen LogP contribution in [0.4, 0.5) is 0 Å². The van der Waals surface area contributed by atoms with Crippen molar-refractivity contribution < 1.29 is 28.7 Å². The zero-order chi connectivity index (χ0) is 23.3. The van der Waals surface area contributed by atoms with E-state index in [-0.39, 0.29) is 31.6 Å². The smallest absolute Gasteiger partial charge is 0.310 e. The zero-order valence-electron chi connectivity index (χ0n) is 17.7. The number of amides is 2. The second-order valence-corrected chi connectivity index (χ2v) is 9.24. The average Bonchev–Trinajstić information content (AvgIpc) is 3.05. The number of hydrogen-bond acceptors (Lipinski definition) is 9. The Balaban J connectivity index is 1.68. The van der Waals surface area contributed by atoms with Gasteiger partial charge in [0.2, 0.25) is 12.2 Å². The van der Waals surface area contributed by atoms with E-state index in [9.17, 15) is 19.2 Å². The molecule has 2 saturated heterocycles. The van der Waals surface area contributed by atoms with Crippen LogP contribution in [0.1, 0.15) is 36.5 Å². The van der Waals surface area contributed by atoms with Crippen molar-refractivity contribution in [3.63, 3.8) is 0 Å². The number of nitrogens with zero attached hydrogens (tertiary/aromatic N) is 1. The maximum atomic E-state index is 13.3. The van der Waals surface area contributed by atoms with E-state index in [1.54, 1.807) is 41.6 Å². The molecule has 0 spiro atoms. The van der Waals surface area contributed by atoms with Crippen LogP contribution >= 0.6 is 25.4 Å². The molecule has 1 aromatic carbocycles. The summed E-state index contributed by atoms with van der Waals surface area (Å²) in [7, 11) is 0. The fourth-order valence-electron chi connectivity index (χ4n) is 3.76. The summed E-state index contributed by atoms with van der Waals surface area (Å²) in [5.41, 5.74) is 0.422. The molecule has 32 heavy (non-hydrogen) atoms. The summed E-state index contributed by atoms with van der Waals surface area (Å²) in [6.07, 6.45) is -0.830. The van der Waals surface area contributed by atoms with Crippen molar-refractivity contribution in [1.29, 1.82) is 0 Å². The van der Waals surface area contributed by atoms with E-state index in [1.807, 2.05) is 0 Å². The fraction of sp³-hybridized carbons (Fsp3) is 0.524. The van der Waals surface area contributed by atoms with Crippen molar-refractivity contribution in [2.75, 3.05) is 19.7 Å². The Labute approximate surface area is 197 Å². The van der Waals surface area contributed by atoms with Crippen molar-refractivity contribution in [2.45, 2.75) is 49.3 Å². The molecule has 3 rings (SSSR count). The lowest BCUT2D eigenvalue weighted by atomic mass is 9.91. The Morgan fingerprint density at radius 3 is 2.66 bits per heavy atom. The molecule has 0 aliphatic carbocycles. The number of esters is 1. The van der Waals surface area contributed by atoms with Gasteiger partial charge in [0.25, 0.3) is 5.91 Å². The van der Waals surface area contributed by atoms with Gasteiger partial charge >= 0.3 is 5.97 Å². The number of ether oxygens (including phenoxy) is 2. The van der Waals surface area contributed by atoms with Crippen molar-refractivity contribution in [2.24, 2.45) is 0 Å². The summed E-state index contributed by atoms with van der Waals surface area (Å²) in [6, 6.07) is 7.03. The second kappa shape index (κ2) is 10.7. The summed E-state index contributed by atoms with van der Waals surface area (Å²) < 4.78 is 10.7. The van der Waals surface area contributed by atoms with Crippen LogP contribution in [-0.4, -0.2) is 70.7 Å². The minimum absolute atomic E-state index is 0.00982. The molecular formula is C21H27N3O6S2. The zero-order valence-corrected chi connectivity index (χ0v) is 19.4. The van der Waals surface area contributed by atoms with Crippen LogP contribution in [0, 0.1) is 0 Å². The van der Waals surface area contributed by atoms with Crippen molar-refractivity contribution in [3.8, 4) is 0 Å².